The topological polar surface area (TPSA) is 32.3 Å². The van der Waals surface area contributed by atoms with Crippen molar-refractivity contribution in [2.45, 2.75) is 24.9 Å². The summed E-state index contributed by atoms with van der Waals surface area (Å²) in [7, 11) is 0. The maximum absolute atomic E-state index is 11.6. The fourth-order valence-corrected chi connectivity index (χ4v) is 3.05. The molecule has 0 bridgehead atoms. The first kappa shape index (κ1) is 13.8. The molecule has 2 aromatic rings. The van der Waals surface area contributed by atoms with Gasteiger partial charge < -0.3 is 10.2 Å². The molecule has 1 aliphatic heterocycles. The van der Waals surface area contributed by atoms with E-state index in [4.69, 9.17) is 0 Å². The van der Waals surface area contributed by atoms with Crippen molar-refractivity contribution >= 4 is 12.1 Å². The van der Waals surface area contributed by atoms with Gasteiger partial charge in [0, 0.05) is 17.8 Å². The zero-order valence-electron chi connectivity index (χ0n) is 12.0. The van der Waals surface area contributed by atoms with E-state index in [9.17, 15) is 4.79 Å². The number of nitrogens with one attached hydrogen (secondary N) is 1. The Balaban J connectivity index is 1.77. The first-order valence-corrected chi connectivity index (χ1v) is 7.45. The van der Waals surface area contributed by atoms with E-state index in [0.29, 0.717) is 6.04 Å². The van der Waals surface area contributed by atoms with E-state index >= 15 is 0 Å². The van der Waals surface area contributed by atoms with E-state index in [0.717, 1.165) is 31.5 Å². The number of carbonyl (C=O) groups excluding carboxylic acids is 1. The van der Waals surface area contributed by atoms with Gasteiger partial charge >= 0.3 is 0 Å². The van der Waals surface area contributed by atoms with Crippen LogP contribution in [0.4, 0.5) is 5.69 Å². The zero-order chi connectivity index (χ0) is 14.5. The molecule has 1 heterocycles. The molecule has 108 valence electrons. The van der Waals surface area contributed by atoms with Crippen molar-refractivity contribution in [3.63, 3.8) is 0 Å². The summed E-state index contributed by atoms with van der Waals surface area (Å²) in [6, 6.07) is 20.9. The average molecular weight is 280 g/mol. The number of nitrogens with zero attached hydrogens (tertiary/aromatic N) is 1. The number of piperidine rings is 1. The van der Waals surface area contributed by atoms with Crippen molar-refractivity contribution in [3.05, 3.63) is 66.2 Å². The minimum atomic E-state index is 0.247. The fraction of sp³-hybridized carbons (Fsp3) is 0.278. The van der Waals surface area contributed by atoms with Gasteiger partial charge in [0.15, 0.2) is 0 Å². The van der Waals surface area contributed by atoms with Crippen molar-refractivity contribution in [2.24, 2.45) is 0 Å². The van der Waals surface area contributed by atoms with E-state index in [1.165, 1.54) is 5.56 Å². The molecule has 3 rings (SSSR count). The summed E-state index contributed by atoms with van der Waals surface area (Å²) in [5.74, 6) is 0. The van der Waals surface area contributed by atoms with Crippen LogP contribution in [0.3, 0.4) is 0 Å². The maximum atomic E-state index is 11.6. The number of benzene rings is 2. The molecular weight excluding hydrogens is 260 g/mol. The predicted octanol–water partition coefficient (Wildman–Crippen LogP) is 3.14. The Kier molecular flexibility index (Phi) is 4.31. The molecule has 0 saturated carbocycles. The van der Waals surface area contributed by atoms with Gasteiger partial charge in [0.2, 0.25) is 6.41 Å². The molecule has 1 N–H and O–H groups in total. The average Bonchev–Trinajstić information content (AvgIpc) is 2.58. The molecule has 0 aliphatic carbocycles. The van der Waals surface area contributed by atoms with Crippen molar-refractivity contribution in [2.75, 3.05) is 11.4 Å². The first-order valence-electron chi connectivity index (χ1n) is 7.45. The predicted molar refractivity (Wildman–Crippen MR) is 85.2 cm³/mol. The molecule has 0 aromatic heterocycles. The van der Waals surface area contributed by atoms with Crippen molar-refractivity contribution in [3.8, 4) is 0 Å². The van der Waals surface area contributed by atoms with Gasteiger partial charge in [-0.2, -0.15) is 0 Å². The molecule has 21 heavy (non-hydrogen) atoms. The van der Waals surface area contributed by atoms with Gasteiger partial charge in [0.05, 0.1) is 0 Å². The van der Waals surface area contributed by atoms with Crippen LogP contribution in [0.2, 0.25) is 0 Å². The van der Waals surface area contributed by atoms with Crippen LogP contribution in [-0.2, 0) is 4.79 Å². The highest BCUT2D eigenvalue weighted by Crippen LogP contribution is 2.28. The van der Waals surface area contributed by atoms with Gasteiger partial charge in [-0.25, -0.2) is 0 Å². The van der Waals surface area contributed by atoms with Gasteiger partial charge in [0.25, 0.3) is 0 Å². The molecule has 0 spiro atoms. The van der Waals surface area contributed by atoms with Crippen LogP contribution in [0.25, 0.3) is 0 Å². The molecule has 2 atom stereocenters. The number of rotatable bonds is 4. The van der Waals surface area contributed by atoms with Crippen LogP contribution >= 0.6 is 0 Å². The smallest absolute Gasteiger partial charge is 0.214 e. The summed E-state index contributed by atoms with van der Waals surface area (Å²) in [5, 5.41) is 3.55. The minimum Gasteiger partial charge on any atom is -0.312 e. The minimum absolute atomic E-state index is 0.247. The fourth-order valence-electron chi connectivity index (χ4n) is 3.05. The Morgan fingerprint density at radius 3 is 2.33 bits per heavy atom. The highest BCUT2D eigenvalue weighted by molar-refractivity contribution is 5.75. The lowest BCUT2D eigenvalue weighted by Gasteiger charge is -2.36. The monoisotopic (exact) mass is 280 g/mol. The molecule has 1 amide bonds. The van der Waals surface area contributed by atoms with E-state index < -0.39 is 0 Å². The Bertz CT molecular complexity index is 570. The molecule has 2 aromatic carbocycles. The summed E-state index contributed by atoms with van der Waals surface area (Å²) in [6.45, 7) is 0.932. The van der Waals surface area contributed by atoms with E-state index in [2.05, 4.69) is 29.6 Å². The number of anilines is 1. The summed E-state index contributed by atoms with van der Waals surface area (Å²) < 4.78 is 0. The first-order chi connectivity index (χ1) is 10.4. The van der Waals surface area contributed by atoms with E-state index in [-0.39, 0.29) is 6.04 Å². The summed E-state index contributed by atoms with van der Waals surface area (Å²) >= 11 is 0. The van der Waals surface area contributed by atoms with Crippen LogP contribution in [0.15, 0.2) is 60.7 Å². The Labute approximate surface area is 125 Å². The molecule has 3 heteroatoms. The molecule has 1 fully saturated rings. The van der Waals surface area contributed by atoms with Crippen LogP contribution in [-0.4, -0.2) is 19.0 Å². The zero-order valence-corrected chi connectivity index (χ0v) is 12.0. The van der Waals surface area contributed by atoms with Crippen molar-refractivity contribution < 1.29 is 4.79 Å². The lowest BCUT2D eigenvalue weighted by molar-refractivity contribution is -0.108. The second kappa shape index (κ2) is 6.55. The number of hydrogen-bond acceptors (Lipinski definition) is 2. The summed E-state index contributed by atoms with van der Waals surface area (Å²) in [5.41, 5.74) is 2.27. The summed E-state index contributed by atoms with van der Waals surface area (Å²) in [4.78, 5) is 13.4. The van der Waals surface area contributed by atoms with Gasteiger partial charge in [-0.05, 0) is 37.1 Å². The third-order valence-electron chi connectivity index (χ3n) is 4.14. The Hall–Kier alpha value is -2.13. The Morgan fingerprint density at radius 1 is 1.00 bits per heavy atom. The standard InChI is InChI=1S/C18H20N2O/c21-14-20(16-9-5-2-6-10-16)17-11-12-19-18(13-17)15-7-3-1-4-8-15/h1-10,14,17-19H,11-13H2. The summed E-state index contributed by atoms with van der Waals surface area (Å²) in [6.07, 6.45) is 2.89. The van der Waals surface area contributed by atoms with Crippen molar-refractivity contribution in [1.29, 1.82) is 0 Å². The number of para-hydroxylation sites is 1. The third-order valence-corrected chi connectivity index (χ3v) is 4.14. The second-order valence-electron chi connectivity index (χ2n) is 5.44. The van der Waals surface area contributed by atoms with E-state index in [1.807, 2.05) is 41.3 Å². The SMILES string of the molecule is O=CN(c1ccccc1)C1CCNC(c2ccccc2)C1. The highest BCUT2D eigenvalue weighted by Gasteiger charge is 2.27. The normalized spacial score (nSPS) is 21.7. The quantitative estimate of drug-likeness (QED) is 0.873. The molecule has 0 radical (unpaired) electrons. The van der Waals surface area contributed by atoms with Crippen LogP contribution in [0.1, 0.15) is 24.4 Å². The molecule has 3 nitrogen and oxygen atoms in total. The van der Waals surface area contributed by atoms with Gasteiger partial charge in [-0.3, -0.25) is 4.79 Å². The van der Waals surface area contributed by atoms with Crippen LogP contribution < -0.4 is 10.2 Å². The number of carbonyl (C=O) groups is 1. The number of hydrogen-bond donors (Lipinski definition) is 1. The van der Waals surface area contributed by atoms with E-state index in [1.54, 1.807) is 0 Å². The molecule has 1 saturated heterocycles. The van der Waals surface area contributed by atoms with Crippen molar-refractivity contribution in [1.82, 2.24) is 5.32 Å². The Morgan fingerprint density at radius 2 is 1.67 bits per heavy atom. The number of amides is 1. The third kappa shape index (κ3) is 3.14. The lowest BCUT2D eigenvalue weighted by Crippen LogP contribution is -2.44. The molecule has 2 unspecified atom stereocenters. The van der Waals surface area contributed by atoms with Crippen LogP contribution in [0, 0.1) is 0 Å². The molecular formula is C18H20N2O. The molecule has 1 aliphatic rings. The highest BCUT2D eigenvalue weighted by atomic mass is 16.1. The van der Waals surface area contributed by atoms with Gasteiger partial charge in [-0.15, -0.1) is 0 Å². The van der Waals surface area contributed by atoms with Gasteiger partial charge in [0.1, 0.15) is 0 Å². The second-order valence-corrected chi connectivity index (χ2v) is 5.44. The van der Waals surface area contributed by atoms with Crippen LogP contribution in [0.5, 0.6) is 0 Å². The largest absolute Gasteiger partial charge is 0.312 e. The lowest BCUT2D eigenvalue weighted by atomic mass is 9.93. The van der Waals surface area contributed by atoms with Gasteiger partial charge in [-0.1, -0.05) is 48.5 Å². The maximum Gasteiger partial charge on any atom is 0.214 e.